The van der Waals surface area contributed by atoms with E-state index in [1.807, 2.05) is 42.5 Å². The van der Waals surface area contributed by atoms with Gasteiger partial charge < -0.3 is 15.6 Å². The number of hydrogen-bond acceptors (Lipinski definition) is 11. The molecule has 13 heteroatoms. The molecule has 0 aliphatic carbocycles. The molecule has 0 saturated carbocycles. The van der Waals surface area contributed by atoms with Crippen LogP contribution in [0, 0.1) is 0 Å². The standard InChI is InChI=1S/C20H14N2O7S2.2Na/c23-20-18(31-29-27-25)11-13-10-14(30-28-26-24)8-9-16(13)19(20)22-21-17-7-3-5-12-4-1-2-6-15(12)17;;/h1-11,23-25H;;/q;2*+1/p-2. The van der Waals surface area contributed by atoms with E-state index in [9.17, 15) is 15.6 Å². The molecular weight excluding hydrogens is 490 g/mol. The zero-order valence-corrected chi connectivity index (χ0v) is 23.1. The third kappa shape index (κ3) is 6.90. The number of fused-ring (bicyclic) bond motifs is 2. The summed E-state index contributed by atoms with van der Waals surface area (Å²) in [5, 5.41) is 49.5. The Balaban J connectivity index is 0.00000193. The molecule has 0 fully saturated rings. The Morgan fingerprint density at radius 3 is 2.24 bits per heavy atom. The fourth-order valence-corrected chi connectivity index (χ4v) is 3.91. The second-order valence-corrected chi connectivity index (χ2v) is 7.61. The van der Waals surface area contributed by atoms with Crippen LogP contribution in [0.3, 0.4) is 0 Å². The smallest absolute Gasteiger partial charge is 0.691 e. The van der Waals surface area contributed by atoms with E-state index >= 15 is 0 Å². The topological polar surface area (TPSA) is 128 Å². The van der Waals surface area contributed by atoms with E-state index in [2.05, 4.69) is 29.0 Å². The summed E-state index contributed by atoms with van der Waals surface area (Å²) in [4.78, 5) is 0.737. The SMILES string of the molecule is [Na+].[Na+].[O-]OOSc1ccc2c(N=Nc3cccc4ccccc34)c(O)c(SOO[O-])cc2c1. The number of rotatable bonds is 8. The Bertz CT molecular complexity index is 1260. The minimum absolute atomic E-state index is 0. The van der Waals surface area contributed by atoms with Crippen molar-refractivity contribution in [2.24, 2.45) is 10.2 Å². The second-order valence-electron chi connectivity index (χ2n) is 6.09. The molecule has 0 unspecified atom stereocenters. The van der Waals surface area contributed by atoms with Crippen LogP contribution in [-0.2, 0) is 18.7 Å². The number of hydrogen-bond donors (Lipinski definition) is 1. The summed E-state index contributed by atoms with van der Waals surface area (Å²) in [6.45, 7) is 0. The van der Waals surface area contributed by atoms with Gasteiger partial charge in [-0.3, -0.25) is 10.1 Å². The zero-order valence-electron chi connectivity index (χ0n) is 17.5. The van der Waals surface area contributed by atoms with Crippen molar-refractivity contribution in [3.05, 3.63) is 66.7 Å². The third-order valence-corrected chi connectivity index (χ3v) is 5.54. The Hall–Kier alpha value is -0.740. The quantitative estimate of drug-likeness (QED) is 0.102. The molecule has 4 aromatic rings. The van der Waals surface area contributed by atoms with E-state index in [1.54, 1.807) is 24.3 Å². The molecule has 0 bridgehead atoms. The molecule has 0 amide bonds. The number of phenols is 1. The van der Waals surface area contributed by atoms with Crippen molar-refractivity contribution in [2.45, 2.75) is 9.79 Å². The summed E-state index contributed by atoms with van der Waals surface area (Å²) in [7, 11) is 0. The zero-order chi connectivity index (χ0) is 21.6. The van der Waals surface area contributed by atoms with Gasteiger partial charge in [0.15, 0.2) is 5.75 Å². The van der Waals surface area contributed by atoms with Crippen molar-refractivity contribution in [1.29, 1.82) is 0 Å². The van der Waals surface area contributed by atoms with Crippen molar-refractivity contribution in [3.63, 3.8) is 0 Å². The fraction of sp³-hybridized carbons (Fsp3) is 0. The van der Waals surface area contributed by atoms with Crippen molar-refractivity contribution in [2.75, 3.05) is 0 Å². The number of nitrogens with zero attached hydrogens (tertiary/aromatic N) is 2. The van der Waals surface area contributed by atoms with Crippen molar-refractivity contribution in [3.8, 4) is 5.75 Å². The van der Waals surface area contributed by atoms with Gasteiger partial charge in [-0.05, 0) is 35.0 Å². The average molecular weight is 502 g/mol. The maximum atomic E-state index is 10.7. The molecule has 0 aliphatic heterocycles. The van der Waals surface area contributed by atoms with Crippen LogP contribution < -0.4 is 69.6 Å². The molecule has 158 valence electrons. The van der Waals surface area contributed by atoms with E-state index in [-0.39, 0.29) is 75.4 Å². The van der Waals surface area contributed by atoms with Crippen molar-refractivity contribution >= 4 is 57.0 Å². The largest absolute Gasteiger partial charge is 1.00 e. The second kappa shape index (κ2) is 14.0. The Kier molecular flexibility index (Phi) is 12.1. The monoisotopic (exact) mass is 502 g/mol. The van der Waals surface area contributed by atoms with Crippen LogP contribution in [0.2, 0.25) is 0 Å². The van der Waals surface area contributed by atoms with E-state index in [0.29, 0.717) is 45.4 Å². The summed E-state index contributed by atoms with van der Waals surface area (Å²) in [6.07, 6.45) is 0. The maximum Gasteiger partial charge on any atom is 1.00 e. The van der Waals surface area contributed by atoms with Gasteiger partial charge in [-0.2, -0.15) is 8.67 Å². The van der Waals surface area contributed by atoms with Crippen LogP contribution in [0.1, 0.15) is 0 Å². The summed E-state index contributed by atoms with van der Waals surface area (Å²) >= 11 is 1.24. The van der Waals surface area contributed by atoms with Crippen LogP contribution in [-0.4, -0.2) is 5.11 Å². The number of aromatic hydroxyl groups is 1. The number of benzene rings is 4. The predicted molar refractivity (Wildman–Crippen MR) is 110 cm³/mol. The van der Waals surface area contributed by atoms with Gasteiger partial charge in [-0.25, -0.2) is 0 Å². The normalized spacial score (nSPS) is 11.0. The molecule has 4 rings (SSSR count). The minimum Gasteiger partial charge on any atom is -0.691 e. The minimum atomic E-state index is -0.238. The first kappa shape index (κ1) is 28.5. The Labute approximate surface area is 240 Å². The van der Waals surface area contributed by atoms with E-state index in [1.165, 1.54) is 0 Å². The van der Waals surface area contributed by atoms with Gasteiger partial charge >= 0.3 is 59.1 Å². The molecule has 33 heavy (non-hydrogen) atoms. The van der Waals surface area contributed by atoms with Crippen molar-refractivity contribution < 1.29 is 93.5 Å². The number of azo groups is 1. The van der Waals surface area contributed by atoms with Crippen LogP contribution in [0.25, 0.3) is 21.5 Å². The molecule has 0 spiro atoms. The maximum absolute atomic E-state index is 10.7. The first-order valence-corrected chi connectivity index (χ1v) is 10.1. The molecule has 0 aliphatic rings. The van der Waals surface area contributed by atoms with Gasteiger partial charge in [0.25, 0.3) is 0 Å². The van der Waals surface area contributed by atoms with Gasteiger partial charge in [0.05, 0.1) is 34.7 Å². The Morgan fingerprint density at radius 2 is 1.45 bits per heavy atom. The molecule has 0 heterocycles. The third-order valence-electron chi connectivity index (χ3n) is 4.36. The van der Waals surface area contributed by atoms with Crippen LogP contribution >= 0.6 is 24.1 Å². The first-order valence-electron chi connectivity index (χ1n) is 8.67. The van der Waals surface area contributed by atoms with E-state index in [0.717, 1.165) is 10.8 Å². The summed E-state index contributed by atoms with van der Waals surface area (Å²) < 4.78 is 8.70. The Morgan fingerprint density at radius 1 is 0.727 bits per heavy atom. The molecule has 0 radical (unpaired) electrons. The van der Waals surface area contributed by atoms with Gasteiger partial charge in [0, 0.05) is 15.7 Å². The van der Waals surface area contributed by atoms with Gasteiger partial charge in [-0.1, -0.05) is 42.5 Å². The van der Waals surface area contributed by atoms with Crippen LogP contribution in [0.4, 0.5) is 11.4 Å². The van der Waals surface area contributed by atoms with Gasteiger partial charge in [-0.15, -0.1) is 10.2 Å². The fourth-order valence-electron chi connectivity index (χ4n) is 3.05. The van der Waals surface area contributed by atoms with E-state index in [4.69, 9.17) is 0 Å². The van der Waals surface area contributed by atoms with E-state index < -0.39 is 0 Å². The molecule has 0 atom stereocenters. The molecule has 9 nitrogen and oxygen atoms in total. The van der Waals surface area contributed by atoms with Gasteiger partial charge in [0.1, 0.15) is 5.69 Å². The molecule has 0 aromatic heterocycles. The first-order chi connectivity index (χ1) is 15.2. The van der Waals surface area contributed by atoms with Crippen LogP contribution in [0.15, 0.2) is 86.7 Å². The molecule has 0 saturated heterocycles. The van der Waals surface area contributed by atoms with Crippen LogP contribution in [0.5, 0.6) is 5.75 Å². The van der Waals surface area contributed by atoms with Gasteiger partial charge in [0.2, 0.25) is 0 Å². The summed E-state index contributed by atoms with van der Waals surface area (Å²) in [5.74, 6) is -0.238. The molecular formula is C20H12N2Na2O7S2. The molecule has 1 N–H and O–H groups in total. The average Bonchev–Trinajstić information content (AvgIpc) is 2.81. The molecule has 4 aromatic carbocycles. The summed E-state index contributed by atoms with van der Waals surface area (Å²) in [5.41, 5.74) is 0.788. The summed E-state index contributed by atoms with van der Waals surface area (Å²) in [6, 6.07) is 19.9. The predicted octanol–water partition coefficient (Wildman–Crippen LogP) is -1.42. The number of phenolic OH excluding ortho intramolecular Hbond substituents is 1. The van der Waals surface area contributed by atoms with Crippen molar-refractivity contribution in [1.82, 2.24) is 0 Å².